The fraction of sp³-hybridized carbons (Fsp3) is 0.208. The SMILES string of the molecule is COc1ccc(C2=NN3[C@@H](C2)c2cc(Br)ccc2O[C@H]3c2ccccc2)cc1OC. The lowest BCUT2D eigenvalue weighted by molar-refractivity contribution is -0.0190. The molecule has 30 heavy (non-hydrogen) atoms. The van der Waals surface area contributed by atoms with Crippen LogP contribution in [0.25, 0.3) is 0 Å². The summed E-state index contributed by atoms with van der Waals surface area (Å²) in [5.74, 6) is 2.30. The minimum Gasteiger partial charge on any atom is -0.493 e. The molecule has 2 heterocycles. The zero-order chi connectivity index (χ0) is 20.7. The zero-order valence-electron chi connectivity index (χ0n) is 16.7. The van der Waals surface area contributed by atoms with Crippen molar-refractivity contribution in [3.8, 4) is 17.2 Å². The third-order valence-corrected chi connectivity index (χ3v) is 6.05. The largest absolute Gasteiger partial charge is 0.493 e. The number of fused-ring (bicyclic) bond motifs is 3. The molecular formula is C24H21BrN2O3. The van der Waals surface area contributed by atoms with E-state index in [0.29, 0.717) is 11.5 Å². The Hall–Kier alpha value is -2.99. The van der Waals surface area contributed by atoms with Crippen LogP contribution in [0.4, 0.5) is 0 Å². The van der Waals surface area contributed by atoms with E-state index in [4.69, 9.17) is 19.3 Å². The van der Waals surface area contributed by atoms with Gasteiger partial charge in [0.25, 0.3) is 0 Å². The van der Waals surface area contributed by atoms with Crippen LogP contribution in [0, 0.1) is 0 Å². The lowest BCUT2D eigenvalue weighted by Gasteiger charge is -2.38. The second-order valence-corrected chi connectivity index (χ2v) is 8.20. The van der Waals surface area contributed by atoms with Gasteiger partial charge >= 0.3 is 0 Å². The Morgan fingerprint density at radius 3 is 2.53 bits per heavy atom. The van der Waals surface area contributed by atoms with Crippen molar-refractivity contribution in [2.45, 2.75) is 18.7 Å². The molecular weight excluding hydrogens is 444 g/mol. The lowest BCUT2D eigenvalue weighted by Crippen LogP contribution is -2.33. The van der Waals surface area contributed by atoms with E-state index < -0.39 is 0 Å². The third kappa shape index (κ3) is 3.21. The topological polar surface area (TPSA) is 43.3 Å². The molecule has 0 aromatic heterocycles. The molecule has 0 spiro atoms. The van der Waals surface area contributed by atoms with Crippen molar-refractivity contribution in [2.24, 2.45) is 5.10 Å². The van der Waals surface area contributed by atoms with Crippen LogP contribution in [-0.4, -0.2) is 24.9 Å². The quantitative estimate of drug-likeness (QED) is 0.495. The van der Waals surface area contributed by atoms with Crippen LogP contribution in [0.5, 0.6) is 17.2 Å². The van der Waals surface area contributed by atoms with Gasteiger partial charge in [-0.2, -0.15) is 5.10 Å². The number of benzene rings is 3. The van der Waals surface area contributed by atoms with Crippen LogP contribution in [0.15, 0.2) is 76.3 Å². The van der Waals surface area contributed by atoms with Crippen LogP contribution in [-0.2, 0) is 0 Å². The molecule has 0 aliphatic carbocycles. The summed E-state index contributed by atoms with van der Waals surface area (Å²) in [6, 6.07) is 22.4. The molecule has 0 saturated heterocycles. The van der Waals surface area contributed by atoms with E-state index >= 15 is 0 Å². The second kappa shape index (κ2) is 7.69. The molecule has 3 aromatic carbocycles. The summed E-state index contributed by atoms with van der Waals surface area (Å²) in [7, 11) is 3.29. The number of hydrazone groups is 1. The van der Waals surface area contributed by atoms with Crippen molar-refractivity contribution in [1.82, 2.24) is 5.01 Å². The van der Waals surface area contributed by atoms with Crippen molar-refractivity contribution in [1.29, 1.82) is 0 Å². The Kier molecular flexibility index (Phi) is 4.87. The van der Waals surface area contributed by atoms with Gasteiger partial charge in [-0.3, -0.25) is 0 Å². The highest BCUT2D eigenvalue weighted by Gasteiger charge is 2.41. The molecule has 5 rings (SSSR count). The summed E-state index contributed by atoms with van der Waals surface area (Å²) in [5, 5.41) is 7.09. The summed E-state index contributed by atoms with van der Waals surface area (Å²) >= 11 is 3.60. The predicted molar refractivity (Wildman–Crippen MR) is 119 cm³/mol. The van der Waals surface area contributed by atoms with Gasteiger partial charge in [0.1, 0.15) is 5.75 Å². The molecule has 0 amide bonds. The average molecular weight is 465 g/mol. The van der Waals surface area contributed by atoms with Crippen molar-refractivity contribution in [2.75, 3.05) is 14.2 Å². The molecule has 0 bridgehead atoms. The first-order valence-corrected chi connectivity index (χ1v) is 10.6. The first kappa shape index (κ1) is 19.0. The van der Waals surface area contributed by atoms with Gasteiger partial charge in [-0.25, -0.2) is 5.01 Å². The first-order valence-electron chi connectivity index (χ1n) is 9.77. The molecule has 5 nitrogen and oxygen atoms in total. The Morgan fingerprint density at radius 1 is 0.967 bits per heavy atom. The van der Waals surface area contributed by atoms with Crippen molar-refractivity contribution < 1.29 is 14.2 Å². The van der Waals surface area contributed by atoms with E-state index in [9.17, 15) is 0 Å². The van der Waals surface area contributed by atoms with E-state index in [2.05, 4.69) is 39.1 Å². The standard InChI is InChI=1S/C24H21BrN2O3/c1-28-22-10-8-16(12-23(22)29-2)19-14-20-18-13-17(25)9-11-21(18)30-24(27(20)26-19)15-6-4-3-5-7-15/h3-13,20,24H,14H2,1-2H3/t20-,24-/m0/s1. The minimum absolute atomic E-state index is 0.0968. The van der Waals surface area contributed by atoms with Crippen LogP contribution in [0.2, 0.25) is 0 Å². The third-order valence-electron chi connectivity index (χ3n) is 5.55. The van der Waals surface area contributed by atoms with Crippen molar-refractivity contribution >= 4 is 21.6 Å². The van der Waals surface area contributed by atoms with Gasteiger partial charge in [0.05, 0.1) is 26.0 Å². The van der Waals surface area contributed by atoms with E-state index in [1.54, 1.807) is 14.2 Å². The smallest absolute Gasteiger partial charge is 0.213 e. The molecule has 0 N–H and O–H groups in total. The normalized spacial score (nSPS) is 19.4. The van der Waals surface area contributed by atoms with Gasteiger partial charge in [0, 0.05) is 27.6 Å². The Labute approximate surface area is 184 Å². The molecule has 3 aromatic rings. The van der Waals surface area contributed by atoms with E-state index in [1.807, 2.05) is 48.5 Å². The minimum atomic E-state index is -0.275. The fourth-order valence-corrected chi connectivity index (χ4v) is 4.46. The first-order chi connectivity index (χ1) is 14.7. The number of rotatable bonds is 4. The fourth-order valence-electron chi connectivity index (χ4n) is 4.09. The maximum Gasteiger partial charge on any atom is 0.213 e. The molecule has 0 radical (unpaired) electrons. The van der Waals surface area contributed by atoms with E-state index in [1.165, 1.54) is 0 Å². The predicted octanol–water partition coefficient (Wildman–Crippen LogP) is 5.71. The van der Waals surface area contributed by atoms with Gasteiger partial charge in [-0.05, 0) is 36.4 Å². The molecule has 2 atom stereocenters. The monoisotopic (exact) mass is 464 g/mol. The molecule has 0 fully saturated rings. The molecule has 6 heteroatoms. The van der Waals surface area contributed by atoms with Gasteiger partial charge in [0.15, 0.2) is 11.5 Å². The number of hydrogen-bond acceptors (Lipinski definition) is 5. The Bertz CT molecular complexity index is 1120. The van der Waals surface area contributed by atoms with E-state index in [0.717, 1.165) is 39.0 Å². The maximum atomic E-state index is 6.41. The highest BCUT2D eigenvalue weighted by atomic mass is 79.9. The van der Waals surface area contributed by atoms with E-state index in [-0.39, 0.29) is 12.3 Å². The molecule has 0 unspecified atom stereocenters. The Morgan fingerprint density at radius 2 is 1.77 bits per heavy atom. The van der Waals surface area contributed by atoms with Gasteiger partial charge in [0.2, 0.25) is 6.23 Å². The molecule has 2 aliphatic rings. The van der Waals surface area contributed by atoms with Crippen LogP contribution < -0.4 is 14.2 Å². The zero-order valence-corrected chi connectivity index (χ0v) is 18.3. The van der Waals surface area contributed by atoms with Crippen molar-refractivity contribution in [3.05, 3.63) is 87.9 Å². The summed E-state index contributed by atoms with van der Waals surface area (Å²) < 4.78 is 18.3. The molecule has 0 saturated carbocycles. The average Bonchev–Trinajstić information content (AvgIpc) is 3.24. The molecule has 152 valence electrons. The lowest BCUT2D eigenvalue weighted by atomic mass is 9.96. The van der Waals surface area contributed by atoms with Gasteiger partial charge in [-0.15, -0.1) is 0 Å². The Balaban J connectivity index is 1.58. The maximum absolute atomic E-state index is 6.41. The highest BCUT2D eigenvalue weighted by Crippen LogP contribution is 2.48. The van der Waals surface area contributed by atoms with Gasteiger partial charge < -0.3 is 14.2 Å². The van der Waals surface area contributed by atoms with Crippen molar-refractivity contribution in [3.63, 3.8) is 0 Å². The highest BCUT2D eigenvalue weighted by molar-refractivity contribution is 9.10. The second-order valence-electron chi connectivity index (χ2n) is 7.28. The van der Waals surface area contributed by atoms with Crippen LogP contribution in [0.3, 0.4) is 0 Å². The number of hydrogen-bond donors (Lipinski definition) is 0. The summed E-state index contributed by atoms with van der Waals surface area (Å²) in [4.78, 5) is 0. The molecule has 2 aliphatic heterocycles. The summed E-state index contributed by atoms with van der Waals surface area (Å²) in [6.07, 6.45) is 0.508. The number of methoxy groups -OCH3 is 2. The number of nitrogens with zero attached hydrogens (tertiary/aromatic N) is 2. The number of ether oxygens (including phenoxy) is 3. The van der Waals surface area contributed by atoms with Gasteiger partial charge in [-0.1, -0.05) is 46.3 Å². The number of halogens is 1. The van der Waals surface area contributed by atoms with Crippen LogP contribution >= 0.6 is 15.9 Å². The summed E-state index contributed by atoms with van der Waals surface area (Å²) in [5.41, 5.74) is 4.23. The summed E-state index contributed by atoms with van der Waals surface area (Å²) in [6.45, 7) is 0. The van der Waals surface area contributed by atoms with Crippen LogP contribution in [0.1, 0.15) is 35.4 Å².